The number of ether oxygens (including phenoxy) is 1. The lowest BCUT2D eigenvalue weighted by atomic mass is 10.1. The van der Waals surface area contributed by atoms with Crippen molar-refractivity contribution >= 4 is 61.9 Å². The molecule has 0 N–H and O–H groups in total. The molecule has 29 heavy (non-hydrogen) atoms. The summed E-state index contributed by atoms with van der Waals surface area (Å²) in [4.78, 5) is 15.0. The highest BCUT2D eigenvalue weighted by molar-refractivity contribution is 9.10. The highest BCUT2D eigenvalue weighted by Crippen LogP contribution is 2.37. The maximum atomic E-state index is 12.9. The molecule has 0 saturated carbocycles. The van der Waals surface area contributed by atoms with Gasteiger partial charge in [-0.05, 0) is 61.0 Å². The summed E-state index contributed by atoms with van der Waals surface area (Å²) in [5, 5.41) is 0. The number of furan rings is 1. The van der Waals surface area contributed by atoms with E-state index in [1.165, 1.54) is 16.7 Å². The number of nitrogens with zero attached hydrogens (tertiary/aromatic N) is 1. The second-order valence-electron chi connectivity index (χ2n) is 6.40. The van der Waals surface area contributed by atoms with E-state index in [2.05, 4.69) is 15.9 Å². The van der Waals surface area contributed by atoms with Crippen LogP contribution in [0.4, 0.5) is 5.69 Å². The Morgan fingerprint density at radius 1 is 1.14 bits per heavy atom. The Hall–Kier alpha value is -2.35. The number of anilines is 1. The summed E-state index contributed by atoms with van der Waals surface area (Å²) < 4.78 is 12.6. The van der Waals surface area contributed by atoms with Crippen LogP contribution >= 0.6 is 39.9 Å². The average Bonchev–Trinajstić information content (AvgIpc) is 3.26. The fraction of sp³-hybridized carbons (Fsp3) is 0.0909. The Labute approximate surface area is 186 Å². The van der Waals surface area contributed by atoms with Crippen molar-refractivity contribution in [1.29, 1.82) is 0 Å². The molecule has 1 aliphatic heterocycles. The van der Waals surface area contributed by atoms with Gasteiger partial charge in [0.1, 0.15) is 17.3 Å². The molecule has 4 nitrogen and oxygen atoms in total. The van der Waals surface area contributed by atoms with Gasteiger partial charge < -0.3 is 9.15 Å². The molecule has 7 heteroatoms. The summed E-state index contributed by atoms with van der Waals surface area (Å²) >= 11 is 10.3. The molecule has 1 amide bonds. The van der Waals surface area contributed by atoms with E-state index in [9.17, 15) is 4.79 Å². The van der Waals surface area contributed by atoms with E-state index in [4.69, 9.17) is 21.4 Å². The van der Waals surface area contributed by atoms with E-state index in [-0.39, 0.29) is 5.91 Å². The zero-order chi connectivity index (χ0) is 20.5. The standard InChI is InChI=1S/C22H16BrNO3S2/c1-13-3-9-17(18(23)11-13)19-10-8-16(27-19)12-20-21(25)24(22(28)29-20)14-4-6-15(26-2)7-5-14/h3-12H,1-2H3. The first kappa shape index (κ1) is 19.9. The molecule has 0 unspecified atom stereocenters. The molecule has 0 aliphatic carbocycles. The second kappa shape index (κ2) is 8.18. The number of carbonyl (C=O) groups is 1. The smallest absolute Gasteiger partial charge is 0.270 e. The molecule has 3 aromatic rings. The van der Waals surface area contributed by atoms with Gasteiger partial charge in [-0.1, -0.05) is 46.0 Å². The number of thioether (sulfide) groups is 1. The zero-order valence-corrected chi connectivity index (χ0v) is 18.9. The summed E-state index contributed by atoms with van der Waals surface area (Å²) in [6.45, 7) is 2.03. The van der Waals surface area contributed by atoms with Crippen LogP contribution in [0, 0.1) is 6.92 Å². The molecule has 0 spiro atoms. The molecule has 0 atom stereocenters. The first-order valence-corrected chi connectivity index (χ1v) is 10.8. The lowest BCUT2D eigenvalue weighted by Crippen LogP contribution is -2.27. The van der Waals surface area contributed by atoms with Gasteiger partial charge in [0.05, 0.1) is 17.7 Å². The van der Waals surface area contributed by atoms with Crippen molar-refractivity contribution in [3.05, 3.63) is 75.3 Å². The van der Waals surface area contributed by atoms with Gasteiger partial charge in [0.15, 0.2) is 4.32 Å². The maximum Gasteiger partial charge on any atom is 0.270 e. The number of methoxy groups -OCH3 is 1. The SMILES string of the molecule is COc1ccc(N2C(=O)C(=Cc3ccc(-c4ccc(C)cc4Br)o3)SC2=S)cc1. The highest BCUT2D eigenvalue weighted by Gasteiger charge is 2.33. The third kappa shape index (κ3) is 4.03. The number of hydrogen-bond donors (Lipinski definition) is 0. The maximum absolute atomic E-state index is 12.9. The van der Waals surface area contributed by atoms with Crippen molar-refractivity contribution in [1.82, 2.24) is 0 Å². The molecule has 0 radical (unpaired) electrons. The van der Waals surface area contributed by atoms with Crippen molar-refractivity contribution in [2.24, 2.45) is 0 Å². The third-order valence-corrected chi connectivity index (χ3v) is 6.37. The Balaban J connectivity index is 1.60. The second-order valence-corrected chi connectivity index (χ2v) is 8.93. The molecule has 1 fully saturated rings. The molecule has 1 saturated heterocycles. The minimum Gasteiger partial charge on any atom is -0.497 e. The summed E-state index contributed by atoms with van der Waals surface area (Å²) in [5.74, 6) is 1.89. The number of hydrogen-bond acceptors (Lipinski definition) is 5. The third-order valence-electron chi connectivity index (χ3n) is 4.41. The summed E-state index contributed by atoms with van der Waals surface area (Å²) in [7, 11) is 1.60. The Morgan fingerprint density at radius 3 is 2.59 bits per heavy atom. The number of amides is 1. The molecule has 1 aromatic heterocycles. The molecule has 1 aliphatic rings. The van der Waals surface area contributed by atoms with Gasteiger partial charge in [0.25, 0.3) is 5.91 Å². The van der Waals surface area contributed by atoms with Crippen LogP contribution in [-0.4, -0.2) is 17.3 Å². The Morgan fingerprint density at radius 2 is 1.90 bits per heavy atom. The van der Waals surface area contributed by atoms with Gasteiger partial charge >= 0.3 is 0 Å². The lowest BCUT2D eigenvalue weighted by molar-refractivity contribution is -0.113. The van der Waals surface area contributed by atoms with Crippen molar-refractivity contribution in [3.8, 4) is 17.1 Å². The van der Waals surface area contributed by atoms with E-state index in [1.807, 2.05) is 49.4 Å². The quantitative estimate of drug-likeness (QED) is 0.314. The van der Waals surface area contributed by atoms with E-state index in [0.717, 1.165) is 27.1 Å². The van der Waals surface area contributed by atoms with Gasteiger partial charge in [0.2, 0.25) is 0 Å². The minimum atomic E-state index is -0.167. The molecule has 146 valence electrons. The van der Waals surface area contributed by atoms with Crippen molar-refractivity contribution in [2.45, 2.75) is 6.92 Å². The van der Waals surface area contributed by atoms with E-state index >= 15 is 0 Å². The minimum absolute atomic E-state index is 0.167. The van der Waals surface area contributed by atoms with Crippen LogP contribution in [0.25, 0.3) is 17.4 Å². The van der Waals surface area contributed by atoms with Crippen LogP contribution < -0.4 is 9.64 Å². The van der Waals surface area contributed by atoms with E-state index in [0.29, 0.717) is 20.7 Å². The van der Waals surface area contributed by atoms with Crippen LogP contribution in [0.2, 0.25) is 0 Å². The topological polar surface area (TPSA) is 42.7 Å². The zero-order valence-electron chi connectivity index (χ0n) is 15.6. The van der Waals surface area contributed by atoms with E-state index < -0.39 is 0 Å². The van der Waals surface area contributed by atoms with Crippen LogP contribution in [0.15, 0.2) is 68.4 Å². The van der Waals surface area contributed by atoms with Gasteiger partial charge in [-0.2, -0.15) is 0 Å². The molecular weight excluding hydrogens is 470 g/mol. The van der Waals surface area contributed by atoms with Gasteiger partial charge in [-0.15, -0.1) is 0 Å². The van der Waals surface area contributed by atoms with Gasteiger partial charge in [-0.3, -0.25) is 9.69 Å². The molecular formula is C22H16BrNO3S2. The van der Waals surface area contributed by atoms with Crippen molar-refractivity contribution < 1.29 is 13.9 Å². The van der Waals surface area contributed by atoms with Crippen molar-refractivity contribution in [2.75, 3.05) is 12.0 Å². The number of thiocarbonyl (C=S) groups is 1. The van der Waals surface area contributed by atoms with Crippen LogP contribution in [-0.2, 0) is 4.79 Å². The number of halogens is 1. The predicted molar refractivity (Wildman–Crippen MR) is 125 cm³/mol. The monoisotopic (exact) mass is 485 g/mol. The average molecular weight is 486 g/mol. The first-order valence-electron chi connectivity index (χ1n) is 8.74. The van der Waals surface area contributed by atoms with Gasteiger partial charge in [-0.25, -0.2) is 0 Å². The number of rotatable bonds is 4. The number of benzene rings is 2. The summed E-state index contributed by atoms with van der Waals surface area (Å²) in [6.07, 6.45) is 1.73. The molecule has 4 rings (SSSR count). The fourth-order valence-electron chi connectivity index (χ4n) is 2.95. The van der Waals surface area contributed by atoms with E-state index in [1.54, 1.807) is 25.3 Å². The summed E-state index contributed by atoms with van der Waals surface area (Å²) in [6, 6.07) is 17.0. The predicted octanol–water partition coefficient (Wildman–Crippen LogP) is 6.43. The molecule has 0 bridgehead atoms. The number of carbonyl (C=O) groups excluding carboxylic acids is 1. The highest BCUT2D eigenvalue weighted by atomic mass is 79.9. The Kier molecular flexibility index (Phi) is 5.63. The summed E-state index contributed by atoms with van der Waals surface area (Å²) in [5.41, 5.74) is 2.83. The lowest BCUT2D eigenvalue weighted by Gasteiger charge is -2.14. The van der Waals surface area contributed by atoms with Gasteiger partial charge in [0, 0.05) is 16.1 Å². The fourth-order valence-corrected chi connectivity index (χ4v) is 4.91. The normalized spacial score (nSPS) is 15.4. The van der Waals surface area contributed by atoms with Crippen LogP contribution in [0.3, 0.4) is 0 Å². The molecule has 2 aromatic carbocycles. The molecule has 2 heterocycles. The van der Waals surface area contributed by atoms with Crippen LogP contribution in [0.5, 0.6) is 5.75 Å². The Bertz CT molecular complexity index is 1140. The van der Waals surface area contributed by atoms with Crippen molar-refractivity contribution in [3.63, 3.8) is 0 Å². The van der Waals surface area contributed by atoms with Crippen LogP contribution in [0.1, 0.15) is 11.3 Å². The largest absolute Gasteiger partial charge is 0.497 e. The number of aryl methyl sites for hydroxylation is 1. The first-order chi connectivity index (χ1) is 14.0.